The van der Waals surface area contributed by atoms with Crippen molar-refractivity contribution in [3.8, 4) is 0 Å². The molecular weight excluding hydrogens is 295 g/mol. The maximum Gasteiger partial charge on any atom is 0.191 e. The standard InChI is InChI=1S/C16H27FN6/c1-18-16(20-9-5-10-22(2)3)21-13-7-11-23(12-13)15-14(17)6-4-8-19-15/h4,6,8,13H,5,7,9-12H2,1-3H3,(H2,18,20,21). The van der Waals surface area contributed by atoms with E-state index in [9.17, 15) is 4.39 Å². The SMILES string of the molecule is CN=C(NCCCN(C)C)NC1CCN(c2ncccc2F)C1. The maximum absolute atomic E-state index is 13.8. The molecule has 0 aromatic carbocycles. The van der Waals surface area contributed by atoms with Crippen molar-refractivity contribution in [3.05, 3.63) is 24.1 Å². The topological polar surface area (TPSA) is 55.8 Å². The normalized spacial score (nSPS) is 18.6. The van der Waals surface area contributed by atoms with Gasteiger partial charge >= 0.3 is 0 Å². The fraction of sp³-hybridized carbons (Fsp3) is 0.625. The molecule has 1 aliphatic heterocycles. The molecule has 0 saturated carbocycles. The third kappa shape index (κ3) is 5.35. The predicted octanol–water partition coefficient (Wildman–Crippen LogP) is 0.916. The van der Waals surface area contributed by atoms with Crippen molar-refractivity contribution in [2.75, 3.05) is 52.2 Å². The minimum atomic E-state index is -0.264. The first kappa shape index (κ1) is 17.5. The van der Waals surface area contributed by atoms with Crippen LogP contribution in [-0.2, 0) is 0 Å². The number of rotatable bonds is 6. The Hall–Kier alpha value is -1.89. The van der Waals surface area contributed by atoms with E-state index in [0.717, 1.165) is 45.0 Å². The molecule has 1 aromatic rings. The molecule has 128 valence electrons. The van der Waals surface area contributed by atoms with E-state index in [4.69, 9.17) is 0 Å². The molecule has 0 bridgehead atoms. The lowest BCUT2D eigenvalue weighted by molar-refractivity contribution is 0.399. The number of hydrogen-bond donors (Lipinski definition) is 2. The molecule has 1 atom stereocenters. The smallest absolute Gasteiger partial charge is 0.191 e. The molecule has 1 aliphatic rings. The molecule has 2 N–H and O–H groups in total. The summed E-state index contributed by atoms with van der Waals surface area (Å²) in [6.45, 7) is 3.44. The van der Waals surface area contributed by atoms with Crippen LogP contribution in [0.2, 0.25) is 0 Å². The van der Waals surface area contributed by atoms with Gasteiger partial charge in [-0.2, -0.15) is 0 Å². The zero-order valence-corrected chi connectivity index (χ0v) is 14.2. The predicted molar refractivity (Wildman–Crippen MR) is 92.5 cm³/mol. The van der Waals surface area contributed by atoms with Crippen molar-refractivity contribution in [2.45, 2.75) is 18.9 Å². The molecule has 0 radical (unpaired) electrons. The Morgan fingerprint density at radius 3 is 3.04 bits per heavy atom. The molecule has 1 unspecified atom stereocenters. The van der Waals surface area contributed by atoms with E-state index >= 15 is 0 Å². The summed E-state index contributed by atoms with van der Waals surface area (Å²) in [4.78, 5) is 12.5. The fourth-order valence-electron chi connectivity index (χ4n) is 2.67. The third-order valence-electron chi connectivity index (χ3n) is 3.87. The average molecular weight is 322 g/mol. The van der Waals surface area contributed by atoms with Gasteiger partial charge in [0.25, 0.3) is 0 Å². The first-order valence-electron chi connectivity index (χ1n) is 8.07. The van der Waals surface area contributed by atoms with E-state index < -0.39 is 0 Å². The average Bonchev–Trinajstić information content (AvgIpc) is 2.98. The maximum atomic E-state index is 13.8. The minimum absolute atomic E-state index is 0.247. The Labute approximate surface area is 137 Å². The van der Waals surface area contributed by atoms with Crippen LogP contribution in [0.15, 0.2) is 23.3 Å². The molecule has 7 heteroatoms. The van der Waals surface area contributed by atoms with Crippen molar-refractivity contribution in [1.82, 2.24) is 20.5 Å². The summed E-state index contributed by atoms with van der Waals surface area (Å²) in [6, 6.07) is 3.31. The molecule has 0 spiro atoms. The van der Waals surface area contributed by atoms with Gasteiger partial charge in [-0.1, -0.05) is 0 Å². The number of aromatic nitrogens is 1. The lowest BCUT2D eigenvalue weighted by atomic mass is 10.3. The Bertz CT molecular complexity index is 519. The van der Waals surface area contributed by atoms with Gasteiger partial charge in [-0.25, -0.2) is 9.37 Å². The van der Waals surface area contributed by atoms with Gasteiger partial charge in [0.1, 0.15) is 0 Å². The first-order chi connectivity index (χ1) is 11.1. The number of pyridine rings is 1. The lowest BCUT2D eigenvalue weighted by Gasteiger charge is -2.20. The first-order valence-corrected chi connectivity index (χ1v) is 8.07. The van der Waals surface area contributed by atoms with Crippen LogP contribution in [0.25, 0.3) is 0 Å². The van der Waals surface area contributed by atoms with Gasteiger partial charge in [0.05, 0.1) is 0 Å². The van der Waals surface area contributed by atoms with Crippen molar-refractivity contribution in [3.63, 3.8) is 0 Å². The zero-order valence-electron chi connectivity index (χ0n) is 14.2. The summed E-state index contributed by atoms with van der Waals surface area (Å²) in [5.74, 6) is 0.974. The summed E-state index contributed by atoms with van der Waals surface area (Å²) in [6.07, 6.45) is 3.63. The largest absolute Gasteiger partial charge is 0.356 e. The Morgan fingerprint density at radius 1 is 1.52 bits per heavy atom. The van der Waals surface area contributed by atoms with Crippen LogP contribution in [0.5, 0.6) is 0 Å². The molecule has 6 nitrogen and oxygen atoms in total. The molecule has 1 saturated heterocycles. The number of halogens is 1. The highest BCUT2D eigenvalue weighted by Crippen LogP contribution is 2.20. The molecule has 0 amide bonds. The third-order valence-corrected chi connectivity index (χ3v) is 3.87. The van der Waals surface area contributed by atoms with Gasteiger partial charge in [-0.05, 0) is 45.6 Å². The number of anilines is 1. The van der Waals surface area contributed by atoms with Gasteiger partial charge in [0.15, 0.2) is 17.6 Å². The van der Waals surface area contributed by atoms with Crippen LogP contribution >= 0.6 is 0 Å². The monoisotopic (exact) mass is 322 g/mol. The molecule has 1 aromatic heterocycles. The number of aliphatic imine (C=N–C) groups is 1. The summed E-state index contributed by atoms with van der Waals surface area (Å²) in [5.41, 5.74) is 0. The van der Waals surface area contributed by atoms with Gasteiger partial charge < -0.3 is 20.4 Å². The fourth-order valence-corrected chi connectivity index (χ4v) is 2.67. The molecular formula is C16H27FN6. The van der Waals surface area contributed by atoms with Gasteiger partial charge in [0, 0.05) is 38.9 Å². The van der Waals surface area contributed by atoms with E-state index in [0.29, 0.717) is 5.82 Å². The quantitative estimate of drug-likeness (QED) is 0.463. The van der Waals surface area contributed by atoms with Crippen LogP contribution < -0.4 is 15.5 Å². The number of guanidine groups is 1. The van der Waals surface area contributed by atoms with E-state index in [1.54, 1.807) is 19.3 Å². The Morgan fingerprint density at radius 2 is 2.35 bits per heavy atom. The highest BCUT2D eigenvalue weighted by atomic mass is 19.1. The number of nitrogens with zero attached hydrogens (tertiary/aromatic N) is 4. The van der Waals surface area contributed by atoms with Crippen LogP contribution in [0.3, 0.4) is 0 Å². The highest BCUT2D eigenvalue weighted by molar-refractivity contribution is 5.80. The van der Waals surface area contributed by atoms with E-state index in [2.05, 4.69) is 39.6 Å². The summed E-state index contributed by atoms with van der Waals surface area (Å²) in [7, 11) is 5.90. The second kappa shape index (κ2) is 8.67. The molecule has 2 heterocycles. The molecule has 23 heavy (non-hydrogen) atoms. The van der Waals surface area contributed by atoms with Crippen molar-refractivity contribution >= 4 is 11.8 Å². The van der Waals surface area contributed by atoms with E-state index in [-0.39, 0.29) is 11.9 Å². The van der Waals surface area contributed by atoms with Crippen LogP contribution in [0.1, 0.15) is 12.8 Å². The van der Waals surface area contributed by atoms with Crippen LogP contribution in [-0.4, -0.2) is 69.2 Å². The van der Waals surface area contributed by atoms with Gasteiger partial charge in [0.2, 0.25) is 0 Å². The summed E-state index contributed by atoms with van der Waals surface area (Å²) in [5, 5.41) is 6.73. The molecule has 2 rings (SSSR count). The highest BCUT2D eigenvalue weighted by Gasteiger charge is 2.25. The van der Waals surface area contributed by atoms with Crippen molar-refractivity contribution in [1.29, 1.82) is 0 Å². The van der Waals surface area contributed by atoms with Crippen molar-refractivity contribution in [2.24, 2.45) is 4.99 Å². The van der Waals surface area contributed by atoms with Crippen LogP contribution in [0.4, 0.5) is 10.2 Å². The summed E-state index contributed by atoms with van der Waals surface area (Å²) >= 11 is 0. The second-order valence-corrected chi connectivity index (χ2v) is 6.04. The van der Waals surface area contributed by atoms with Crippen LogP contribution in [0, 0.1) is 5.82 Å². The van der Waals surface area contributed by atoms with E-state index in [1.807, 2.05) is 4.90 Å². The number of hydrogen-bond acceptors (Lipinski definition) is 4. The van der Waals surface area contributed by atoms with Gasteiger partial charge in [-0.15, -0.1) is 0 Å². The lowest BCUT2D eigenvalue weighted by Crippen LogP contribution is -2.45. The zero-order chi connectivity index (χ0) is 16.7. The number of nitrogens with one attached hydrogen (secondary N) is 2. The summed E-state index contributed by atoms with van der Waals surface area (Å²) < 4.78 is 13.8. The minimum Gasteiger partial charge on any atom is -0.356 e. The Balaban J connectivity index is 1.79. The van der Waals surface area contributed by atoms with E-state index in [1.165, 1.54) is 6.07 Å². The van der Waals surface area contributed by atoms with Crippen molar-refractivity contribution < 1.29 is 4.39 Å². The molecule has 1 fully saturated rings. The Kier molecular flexibility index (Phi) is 6.58. The molecule has 0 aliphatic carbocycles. The second-order valence-electron chi connectivity index (χ2n) is 6.04. The van der Waals surface area contributed by atoms with Gasteiger partial charge in [-0.3, -0.25) is 4.99 Å².